The number of hydrogen-bond acceptors (Lipinski definition) is 1. The first-order valence-corrected chi connectivity index (χ1v) is 5.70. The fourth-order valence-electron chi connectivity index (χ4n) is 1.97. The summed E-state index contributed by atoms with van der Waals surface area (Å²) in [6.07, 6.45) is 7.03. The van der Waals surface area contributed by atoms with Crippen LogP contribution in [0.1, 0.15) is 52.9 Å². The quantitative estimate of drug-likeness (QED) is 0.690. The van der Waals surface area contributed by atoms with Gasteiger partial charge in [0.05, 0.1) is 0 Å². The van der Waals surface area contributed by atoms with E-state index in [2.05, 4.69) is 33.1 Å². The van der Waals surface area contributed by atoms with E-state index in [-0.39, 0.29) is 0 Å². The highest BCUT2D eigenvalue weighted by atomic mass is 14.9. The van der Waals surface area contributed by atoms with Gasteiger partial charge in [-0.05, 0) is 44.1 Å². The molecule has 1 saturated carbocycles. The van der Waals surface area contributed by atoms with Gasteiger partial charge in [-0.2, -0.15) is 0 Å². The molecule has 0 aromatic heterocycles. The van der Waals surface area contributed by atoms with Gasteiger partial charge in [-0.1, -0.05) is 27.2 Å². The molecule has 0 bridgehead atoms. The van der Waals surface area contributed by atoms with Crippen molar-refractivity contribution in [2.24, 2.45) is 11.3 Å². The van der Waals surface area contributed by atoms with Crippen LogP contribution in [0.5, 0.6) is 0 Å². The fourth-order valence-corrected chi connectivity index (χ4v) is 1.97. The summed E-state index contributed by atoms with van der Waals surface area (Å²) in [7, 11) is 2.11. The highest BCUT2D eigenvalue weighted by Crippen LogP contribution is 2.35. The van der Waals surface area contributed by atoms with Gasteiger partial charge in [0.25, 0.3) is 0 Å². The Morgan fingerprint density at radius 2 is 1.92 bits per heavy atom. The Bertz CT molecular complexity index is 142. The SMILES string of the molecule is CNC(CCCC(C)(C)C)C1CC1. The molecule has 1 N–H and O–H groups in total. The standard InChI is InChI=1S/C12H25N/c1-12(2,3)9-5-6-11(13-4)10-7-8-10/h10-11,13H,5-9H2,1-4H3. The summed E-state index contributed by atoms with van der Waals surface area (Å²) in [5.41, 5.74) is 0.516. The van der Waals surface area contributed by atoms with Crippen LogP contribution < -0.4 is 5.32 Å². The Morgan fingerprint density at radius 3 is 2.31 bits per heavy atom. The van der Waals surface area contributed by atoms with Crippen LogP contribution in [-0.2, 0) is 0 Å². The molecule has 1 nitrogen and oxygen atoms in total. The molecule has 0 aromatic rings. The summed E-state index contributed by atoms with van der Waals surface area (Å²) < 4.78 is 0. The largest absolute Gasteiger partial charge is 0.317 e. The second-order valence-electron chi connectivity index (χ2n) is 5.69. The molecule has 1 aliphatic rings. The third-order valence-corrected chi connectivity index (χ3v) is 3.00. The Balaban J connectivity index is 2.09. The molecule has 0 heterocycles. The zero-order valence-electron chi connectivity index (χ0n) is 9.69. The highest BCUT2D eigenvalue weighted by Gasteiger charge is 2.29. The van der Waals surface area contributed by atoms with E-state index in [9.17, 15) is 0 Å². The molecule has 0 spiro atoms. The van der Waals surface area contributed by atoms with Crippen LogP contribution in [0, 0.1) is 11.3 Å². The first-order chi connectivity index (χ1) is 6.03. The van der Waals surface area contributed by atoms with Crippen molar-refractivity contribution in [1.82, 2.24) is 5.32 Å². The molecule has 0 radical (unpaired) electrons. The lowest BCUT2D eigenvalue weighted by atomic mass is 9.88. The Hall–Kier alpha value is -0.0400. The number of rotatable bonds is 5. The number of nitrogens with one attached hydrogen (secondary N) is 1. The molecule has 78 valence electrons. The van der Waals surface area contributed by atoms with Gasteiger partial charge in [0.2, 0.25) is 0 Å². The molecule has 1 aliphatic carbocycles. The summed E-state index contributed by atoms with van der Waals surface area (Å²) >= 11 is 0. The minimum Gasteiger partial charge on any atom is -0.317 e. The second kappa shape index (κ2) is 4.45. The van der Waals surface area contributed by atoms with Gasteiger partial charge in [0.15, 0.2) is 0 Å². The van der Waals surface area contributed by atoms with E-state index in [4.69, 9.17) is 0 Å². The van der Waals surface area contributed by atoms with Gasteiger partial charge in [0.1, 0.15) is 0 Å². The lowest BCUT2D eigenvalue weighted by molar-refractivity contribution is 0.338. The van der Waals surface area contributed by atoms with Gasteiger partial charge in [-0.25, -0.2) is 0 Å². The molecular weight excluding hydrogens is 158 g/mol. The average molecular weight is 183 g/mol. The van der Waals surface area contributed by atoms with Crippen molar-refractivity contribution in [1.29, 1.82) is 0 Å². The Morgan fingerprint density at radius 1 is 1.31 bits per heavy atom. The van der Waals surface area contributed by atoms with E-state index in [0.717, 1.165) is 12.0 Å². The smallest absolute Gasteiger partial charge is 0.00923 e. The van der Waals surface area contributed by atoms with Crippen LogP contribution in [0.3, 0.4) is 0 Å². The van der Waals surface area contributed by atoms with Gasteiger partial charge < -0.3 is 5.32 Å². The lowest BCUT2D eigenvalue weighted by Gasteiger charge is -2.20. The van der Waals surface area contributed by atoms with Crippen molar-refractivity contribution in [3.8, 4) is 0 Å². The van der Waals surface area contributed by atoms with Crippen LogP contribution in [0.4, 0.5) is 0 Å². The van der Waals surface area contributed by atoms with Gasteiger partial charge in [-0.15, -0.1) is 0 Å². The molecule has 1 rings (SSSR count). The summed E-state index contributed by atoms with van der Waals surface area (Å²) in [4.78, 5) is 0. The minimum atomic E-state index is 0.516. The molecule has 0 aromatic carbocycles. The predicted octanol–water partition coefficient (Wildman–Crippen LogP) is 3.20. The zero-order chi connectivity index (χ0) is 9.90. The second-order valence-corrected chi connectivity index (χ2v) is 5.69. The predicted molar refractivity (Wildman–Crippen MR) is 58.9 cm³/mol. The van der Waals surface area contributed by atoms with Crippen molar-refractivity contribution < 1.29 is 0 Å². The topological polar surface area (TPSA) is 12.0 Å². The van der Waals surface area contributed by atoms with E-state index in [1.165, 1.54) is 32.1 Å². The number of hydrogen-bond donors (Lipinski definition) is 1. The van der Waals surface area contributed by atoms with E-state index in [0.29, 0.717) is 5.41 Å². The van der Waals surface area contributed by atoms with E-state index in [1.807, 2.05) is 0 Å². The maximum absolute atomic E-state index is 3.45. The normalized spacial score (nSPS) is 20.3. The summed E-state index contributed by atoms with van der Waals surface area (Å²) in [5, 5.41) is 3.45. The van der Waals surface area contributed by atoms with Crippen LogP contribution >= 0.6 is 0 Å². The Labute approximate surface area is 83.3 Å². The molecular formula is C12H25N. The molecule has 1 unspecified atom stereocenters. The summed E-state index contributed by atoms with van der Waals surface area (Å²) in [6, 6.07) is 0.808. The third kappa shape index (κ3) is 4.66. The Kier molecular flexibility index (Phi) is 3.78. The fraction of sp³-hybridized carbons (Fsp3) is 1.00. The average Bonchev–Trinajstić information content (AvgIpc) is 2.78. The zero-order valence-corrected chi connectivity index (χ0v) is 9.69. The van der Waals surface area contributed by atoms with Crippen molar-refractivity contribution in [3.63, 3.8) is 0 Å². The molecule has 1 fully saturated rings. The van der Waals surface area contributed by atoms with Gasteiger partial charge in [0, 0.05) is 6.04 Å². The van der Waals surface area contributed by atoms with Crippen LogP contribution in [0.25, 0.3) is 0 Å². The van der Waals surface area contributed by atoms with E-state index >= 15 is 0 Å². The van der Waals surface area contributed by atoms with Crippen LogP contribution in [0.15, 0.2) is 0 Å². The van der Waals surface area contributed by atoms with E-state index < -0.39 is 0 Å². The minimum absolute atomic E-state index is 0.516. The summed E-state index contributed by atoms with van der Waals surface area (Å²) in [6.45, 7) is 7.00. The maximum atomic E-state index is 3.45. The lowest BCUT2D eigenvalue weighted by Crippen LogP contribution is -2.27. The van der Waals surface area contributed by atoms with Crippen molar-refractivity contribution in [2.45, 2.75) is 58.9 Å². The molecule has 1 heteroatoms. The van der Waals surface area contributed by atoms with Gasteiger partial charge in [-0.3, -0.25) is 0 Å². The van der Waals surface area contributed by atoms with Crippen LogP contribution in [0.2, 0.25) is 0 Å². The molecule has 0 aliphatic heterocycles. The van der Waals surface area contributed by atoms with Crippen molar-refractivity contribution in [3.05, 3.63) is 0 Å². The van der Waals surface area contributed by atoms with Crippen molar-refractivity contribution >= 4 is 0 Å². The molecule has 13 heavy (non-hydrogen) atoms. The monoisotopic (exact) mass is 183 g/mol. The van der Waals surface area contributed by atoms with E-state index in [1.54, 1.807) is 0 Å². The van der Waals surface area contributed by atoms with Gasteiger partial charge >= 0.3 is 0 Å². The first kappa shape index (κ1) is 11.0. The highest BCUT2D eigenvalue weighted by molar-refractivity contribution is 4.85. The van der Waals surface area contributed by atoms with Crippen molar-refractivity contribution in [2.75, 3.05) is 7.05 Å². The molecule has 0 amide bonds. The van der Waals surface area contributed by atoms with Crippen LogP contribution in [-0.4, -0.2) is 13.1 Å². The maximum Gasteiger partial charge on any atom is 0.00923 e. The third-order valence-electron chi connectivity index (χ3n) is 3.00. The molecule has 1 atom stereocenters. The first-order valence-electron chi connectivity index (χ1n) is 5.70. The molecule has 0 saturated heterocycles. The summed E-state index contributed by atoms with van der Waals surface area (Å²) in [5.74, 6) is 1.00.